The fourth-order valence-electron chi connectivity index (χ4n) is 1.48. The summed E-state index contributed by atoms with van der Waals surface area (Å²) < 4.78 is 0. The molecule has 1 aliphatic rings. The standard InChI is InChI=1S/C11H12N2/c1-8-7-10-5-3-4-6-11(10)13-9(2)12-8/h3-7H,1-2H3,(H,12,13). The van der Waals surface area contributed by atoms with Crippen molar-refractivity contribution in [1.29, 1.82) is 0 Å². The first kappa shape index (κ1) is 8.05. The molecule has 0 bridgehead atoms. The monoisotopic (exact) mass is 172 g/mol. The highest BCUT2D eigenvalue weighted by Gasteiger charge is 2.03. The maximum absolute atomic E-state index is 4.36. The number of hydrogen-bond donors (Lipinski definition) is 1. The molecule has 0 spiro atoms. The first-order valence-electron chi connectivity index (χ1n) is 4.35. The van der Waals surface area contributed by atoms with Crippen LogP contribution < -0.4 is 5.32 Å². The number of anilines is 1. The minimum atomic E-state index is 0.943. The van der Waals surface area contributed by atoms with E-state index in [0.717, 1.165) is 17.2 Å². The van der Waals surface area contributed by atoms with E-state index < -0.39 is 0 Å². The number of fused-ring (bicyclic) bond motifs is 1. The van der Waals surface area contributed by atoms with Gasteiger partial charge in [-0.05, 0) is 31.6 Å². The first-order valence-corrected chi connectivity index (χ1v) is 4.35. The van der Waals surface area contributed by atoms with Crippen LogP contribution in [-0.4, -0.2) is 5.84 Å². The minimum absolute atomic E-state index is 0.943. The molecule has 2 rings (SSSR count). The average molecular weight is 172 g/mol. The molecule has 0 atom stereocenters. The fraction of sp³-hybridized carbons (Fsp3) is 0.182. The summed E-state index contributed by atoms with van der Waals surface area (Å²) in [7, 11) is 0. The first-order chi connectivity index (χ1) is 6.25. The molecule has 0 fully saturated rings. The summed E-state index contributed by atoms with van der Waals surface area (Å²) in [6.07, 6.45) is 2.08. The molecule has 0 saturated heterocycles. The lowest BCUT2D eigenvalue weighted by Gasteiger charge is -2.05. The third-order valence-corrected chi connectivity index (χ3v) is 1.98. The number of benzene rings is 1. The van der Waals surface area contributed by atoms with Crippen molar-refractivity contribution >= 4 is 17.6 Å². The molecular formula is C11H12N2. The average Bonchev–Trinajstić information content (AvgIpc) is 2.20. The van der Waals surface area contributed by atoms with Crippen molar-refractivity contribution in [3.05, 3.63) is 35.5 Å². The zero-order valence-electron chi connectivity index (χ0n) is 7.83. The van der Waals surface area contributed by atoms with Gasteiger partial charge in [0.15, 0.2) is 0 Å². The smallest absolute Gasteiger partial charge is 0.103 e. The molecule has 0 aliphatic carbocycles. The second-order valence-electron chi connectivity index (χ2n) is 3.20. The van der Waals surface area contributed by atoms with Crippen LogP contribution in [0.15, 0.2) is 35.0 Å². The summed E-state index contributed by atoms with van der Waals surface area (Å²) in [5, 5.41) is 3.25. The van der Waals surface area contributed by atoms with Gasteiger partial charge in [-0.1, -0.05) is 18.2 Å². The molecule has 1 N–H and O–H groups in total. The van der Waals surface area contributed by atoms with Gasteiger partial charge >= 0.3 is 0 Å². The number of allylic oxidation sites excluding steroid dienone is 1. The highest BCUT2D eigenvalue weighted by molar-refractivity contribution is 5.97. The second kappa shape index (κ2) is 3.05. The number of para-hydroxylation sites is 1. The molecule has 0 saturated carbocycles. The molecule has 13 heavy (non-hydrogen) atoms. The zero-order valence-corrected chi connectivity index (χ0v) is 7.83. The topological polar surface area (TPSA) is 24.4 Å². The normalized spacial score (nSPS) is 14.9. The van der Waals surface area contributed by atoms with E-state index in [1.54, 1.807) is 0 Å². The molecule has 0 amide bonds. The van der Waals surface area contributed by atoms with Gasteiger partial charge in [0.2, 0.25) is 0 Å². The Morgan fingerprint density at radius 1 is 1.15 bits per heavy atom. The SMILES string of the molecule is CC1=Cc2ccccc2NC(C)=N1. The van der Waals surface area contributed by atoms with E-state index in [-0.39, 0.29) is 0 Å². The van der Waals surface area contributed by atoms with Gasteiger partial charge in [0.1, 0.15) is 5.84 Å². The van der Waals surface area contributed by atoms with E-state index in [2.05, 4.69) is 28.5 Å². The number of nitrogens with one attached hydrogen (secondary N) is 1. The summed E-state index contributed by atoms with van der Waals surface area (Å²) >= 11 is 0. The molecule has 0 aromatic heterocycles. The molecule has 1 aliphatic heterocycles. The summed E-state index contributed by atoms with van der Waals surface area (Å²) in [5.41, 5.74) is 3.36. The van der Waals surface area contributed by atoms with Crippen molar-refractivity contribution < 1.29 is 0 Å². The van der Waals surface area contributed by atoms with E-state index in [1.165, 1.54) is 5.56 Å². The fourth-order valence-corrected chi connectivity index (χ4v) is 1.48. The van der Waals surface area contributed by atoms with Gasteiger partial charge in [0.25, 0.3) is 0 Å². The predicted molar refractivity (Wildman–Crippen MR) is 56.8 cm³/mol. The predicted octanol–water partition coefficient (Wildman–Crippen LogP) is 2.89. The van der Waals surface area contributed by atoms with Crippen LogP contribution in [-0.2, 0) is 0 Å². The Kier molecular flexibility index (Phi) is 1.89. The third kappa shape index (κ3) is 1.61. The molecule has 0 radical (unpaired) electrons. The van der Waals surface area contributed by atoms with Gasteiger partial charge in [-0.15, -0.1) is 0 Å². The van der Waals surface area contributed by atoms with Gasteiger partial charge in [0.05, 0.1) is 0 Å². The number of amidine groups is 1. The number of rotatable bonds is 0. The Balaban J connectivity index is 2.55. The van der Waals surface area contributed by atoms with Gasteiger partial charge < -0.3 is 5.32 Å². The lowest BCUT2D eigenvalue weighted by Crippen LogP contribution is -2.06. The van der Waals surface area contributed by atoms with Gasteiger partial charge in [-0.2, -0.15) is 0 Å². The lowest BCUT2D eigenvalue weighted by molar-refractivity contribution is 1.32. The van der Waals surface area contributed by atoms with Crippen molar-refractivity contribution in [1.82, 2.24) is 0 Å². The highest BCUT2D eigenvalue weighted by Crippen LogP contribution is 2.21. The number of nitrogens with zero attached hydrogens (tertiary/aromatic N) is 1. The van der Waals surface area contributed by atoms with Crippen molar-refractivity contribution in [2.24, 2.45) is 4.99 Å². The Hall–Kier alpha value is -1.57. The van der Waals surface area contributed by atoms with Crippen LogP contribution in [0.1, 0.15) is 19.4 Å². The van der Waals surface area contributed by atoms with Crippen LogP contribution in [0.4, 0.5) is 5.69 Å². The summed E-state index contributed by atoms with van der Waals surface area (Å²) in [6, 6.07) is 8.20. The van der Waals surface area contributed by atoms with Crippen LogP contribution in [0, 0.1) is 0 Å². The molecule has 1 aromatic carbocycles. The van der Waals surface area contributed by atoms with Crippen molar-refractivity contribution in [2.75, 3.05) is 5.32 Å². The molecule has 66 valence electrons. The molecule has 2 nitrogen and oxygen atoms in total. The molecule has 2 heteroatoms. The number of aliphatic imine (C=N–C) groups is 1. The van der Waals surface area contributed by atoms with E-state index in [9.17, 15) is 0 Å². The molecular weight excluding hydrogens is 160 g/mol. The highest BCUT2D eigenvalue weighted by atomic mass is 15.0. The Morgan fingerprint density at radius 3 is 2.77 bits per heavy atom. The lowest BCUT2D eigenvalue weighted by atomic mass is 10.1. The van der Waals surface area contributed by atoms with Crippen LogP contribution in [0.2, 0.25) is 0 Å². The van der Waals surface area contributed by atoms with Gasteiger partial charge in [-0.3, -0.25) is 0 Å². The zero-order chi connectivity index (χ0) is 9.26. The van der Waals surface area contributed by atoms with Crippen LogP contribution in [0.3, 0.4) is 0 Å². The Bertz CT molecular complexity index is 389. The van der Waals surface area contributed by atoms with Crippen molar-refractivity contribution in [3.8, 4) is 0 Å². The van der Waals surface area contributed by atoms with Crippen LogP contribution in [0.5, 0.6) is 0 Å². The van der Waals surface area contributed by atoms with Crippen molar-refractivity contribution in [3.63, 3.8) is 0 Å². The maximum atomic E-state index is 4.36. The van der Waals surface area contributed by atoms with E-state index in [4.69, 9.17) is 0 Å². The minimum Gasteiger partial charge on any atom is -0.344 e. The number of hydrogen-bond acceptors (Lipinski definition) is 2. The maximum Gasteiger partial charge on any atom is 0.103 e. The molecule has 1 heterocycles. The van der Waals surface area contributed by atoms with Crippen LogP contribution >= 0.6 is 0 Å². The second-order valence-corrected chi connectivity index (χ2v) is 3.20. The molecule has 0 unspecified atom stereocenters. The summed E-state index contributed by atoms with van der Waals surface area (Å²) in [5.74, 6) is 0.943. The Labute approximate surface area is 78.0 Å². The van der Waals surface area contributed by atoms with Gasteiger partial charge in [-0.25, -0.2) is 4.99 Å². The quantitative estimate of drug-likeness (QED) is 0.639. The van der Waals surface area contributed by atoms with E-state index in [0.29, 0.717) is 0 Å². The molecule has 1 aromatic rings. The summed E-state index contributed by atoms with van der Waals surface area (Å²) in [4.78, 5) is 4.36. The third-order valence-electron chi connectivity index (χ3n) is 1.98. The van der Waals surface area contributed by atoms with E-state index >= 15 is 0 Å². The Morgan fingerprint density at radius 2 is 1.92 bits per heavy atom. The van der Waals surface area contributed by atoms with Gasteiger partial charge in [0, 0.05) is 11.4 Å². The van der Waals surface area contributed by atoms with Crippen LogP contribution in [0.25, 0.3) is 6.08 Å². The van der Waals surface area contributed by atoms with Crippen molar-refractivity contribution in [2.45, 2.75) is 13.8 Å². The largest absolute Gasteiger partial charge is 0.344 e. The van der Waals surface area contributed by atoms with E-state index in [1.807, 2.05) is 26.0 Å². The summed E-state index contributed by atoms with van der Waals surface area (Å²) in [6.45, 7) is 3.98.